The van der Waals surface area contributed by atoms with Crippen LogP contribution in [0.5, 0.6) is 0 Å². The highest BCUT2D eigenvalue weighted by Gasteiger charge is 2.27. The molecule has 0 aromatic heterocycles. The van der Waals surface area contributed by atoms with Crippen LogP contribution in [0.25, 0.3) is 20.9 Å². The maximum atomic E-state index is 13.2. The number of hydrogen-bond donors (Lipinski definition) is 3. The van der Waals surface area contributed by atoms with Crippen molar-refractivity contribution in [2.45, 2.75) is 122 Å². The van der Waals surface area contributed by atoms with Gasteiger partial charge in [0.2, 0.25) is 17.7 Å². The van der Waals surface area contributed by atoms with Crippen LogP contribution in [0, 0.1) is 0 Å². The van der Waals surface area contributed by atoms with Crippen LogP contribution in [0.4, 0.5) is 0 Å². The quantitative estimate of drug-likeness (QED) is 0.00617. The smallest absolute Gasteiger partial charge is 0.328 e. The Labute approximate surface area is 528 Å². The van der Waals surface area contributed by atoms with Gasteiger partial charge in [-0.25, -0.2) is 14.7 Å². The SMILES string of the molecule is O=C(CCOCc1ccccc1)N[C@@H](CCC(=O)OCc1ccccc1)C(=O)OCc1ccccc1.[N-]=[N+]=NCCCCC(=O)N(CC(=O)N[C@@H](CCC(=O)OCc1ccccc1)C(=O)OCc1ccccc1)OCc1ccccc1.[N-]=[N+]=NCCCCC(=O)O. The standard InChI is InChI=1S/C33H37N5O7.C29H31NO6.C5H9N3O2/c34-37-35-21-11-10-18-31(40)38(45-25-28-16-8-3-9-17-28)22-30(39)36-29(33(42)44-24-27-14-6-2-7-15-27)19-20-32(41)43-23-26-12-4-1-5-13-26;31-27(18-19-34-20-23-10-4-1-5-11-23)30-26(29(33)36-22-25-14-8-3-9-15-25)16-17-28(32)35-21-24-12-6-2-7-13-24;6-8-7-4-2-1-3-5(9)10/h1-9,12-17,29H,10-11,18-25H2,(H,36,39);1-15,26H,16-22H2,(H,30,31);1-4H2,(H,9,10)/t29-;26-;/m00./s1. The number of carboxylic acids is 1. The molecular weight excluding hydrogens is 1170 g/mol. The molecule has 0 aliphatic heterocycles. The molecule has 2 atom stereocenters. The van der Waals surface area contributed by atoms with Crippen molar-refractivity contribution >= 4 is 47.6 Å². The summed E-state index contributed by atoms with van der Waals surface area (Å²) in [4.78, 5) is 110. The monoisotopic (exact) mass is 1250 g/mol. The molecule has 0 aliphatic rings. The summed E-state index contributed by atoms with van der Waals surface area (Å²) in [5, 5.41) is 21.1. The number of rotatable bonds is 38. The first-order valence-electron chi connectivity index (χ1n) is 29.5. The lowest BCUT2D eigenvalue weighted by Crippen LogP contribution is -2.47. The molecular formula is C67H77N9O15. The number of esters is 4. The summed E-state index contributed by atoms with van der Waals surface area (Å²) in [6.07, 6.45) is 2.22. The number of azide groups is 2. The maximum Gasteiger partial charge on any atom is 0.328 e. The van der Waals surface area contributed by atoms with Gasteiger partial charge in [-0.05, 0) is 83.0 Å². The van der Waals surface area contributed by atoms with Crippen LogP contribution in [0.2, 0.25) is 0 Å². The highest BCUT2D eigenvalue weighted by molar-refractivity contribution is 5.88. The Kier molecular flexibility index (Phi) is 36.8. The lowest BCUT2D eigenvalue weighted by atomic mass is 10.1. The third-order valence-electron chi connectivity index (χ3n) is 12.8. The molecule has 91 heavy (non-hydrogen) atoms. The largest absolute Gasteiger partial charge is 0.481 e. The van der Waals surface area contributed by atoms with E-state index in [1.54, 1.807) is 12.1 Å². The number of nitrogens with zero attached hydrogens (tertiary/aromatic N) is 7. The van der Waals surface area contributed by atoms with Crippen molar-refractivity contribution < 1.29 is 72.0 Å². The summed E-state index contributed by atoms with van der Waals surface area (Å²) in [6, 6.07) is 53.4. The number of carbonyl (C=O) groups is 8. The number of hydrogen-bond acceptors (Lipinski definition) is 16. The van der Waals surface area contributed by atoms with E-state index in [9.17, 15) is 38.4 Å². The normalized spacial score (nSPS) is 10.9. The zero-order valence-corrected chi connectivity index (χ0v) is 50.6. The summed E-state index contributed by atoms with van der Waals surface area (Å²) in [6.45, 7) is 1.05. The number of carboxylic acid groups (broad SMARTS) is 1. The fraction of sp³-hybridized carbons (Fsp3) is 0.343. The second-order valence-electron chi connectivity index (χ2n) is 20.0. The molecule has 0 saturated carbocycles. The predicted octanol–water partition coefficient (Wildman–Crippen LogP) is 11.1. The first-order valence-corrected chi connectivity index (χ1v) is 29.5. The Morgan fingerprint density at radius 1 is 0.429 bits per heavy atom. The number of amides is 3. The molecule has 3 N–H and O–H groups in total. The van der Waals surface area contributed by atoms with Gasteiger partial charge in [-0.2, -0.15) is 0 Å². The minimum Gasteiger partial charge on any atom is -0.481 e. The van der Waals surface area contributed by atoms with Crippen molar-refractivity contribution in [1.29, 1.82) is 0 Å². The average Bonchev–Trinajstić information content (AvgIpc) is 3.68. The molecule has 0 aliphatic carbocycles. The van der Waals surface area contributed by atoms with E-state index in [0.717, 1.165) is 38.4 Å². The van der Waals surface area contributed by atoms with Gasteiger partial charge in [0.25, 0.3) is 0 Å². The molecule has 0 unspecified atom stereocenters. The number of nitrogens with one attached hydrogen (secondary N) is 2. The summed E-state index contributed by atoms with van der Waals surface area (Å²) < 4.78 is 27.0. The van der Waals surface area contributed by atoms with Crippen molar-refractivity contribution in [2.75, 3.05) is 26.2 Å². The Hall–Kier alpha value is -10.4. The molecule has 0 fully saturated rings. The molecule has 6 rings (SSSR count). The fourth-order valence-electron chi connectivity index (χ4n) is 7.93. The van der Waals surface area contributed by atoms with Crippen LogP contribution in [0.1, 0.15) is 104 Å². The van der Waals surface area contributed by atoms with Gasteiger partial charge in [0.05, 0.1) is 13.2 Å². The van der Waals surface area contributed by atoms with E-state index in [-0.39, 0.29) is 97.0 Å². The Morgan fingerprint density at radius 2 is 0.780 bits per heavy atom. The maximum absolute atomic E-state index is 13.2. The third-order valence-corrected chi connectivity index (χ3v) is 12.8. The number of carbonyl (C=O) groups excluding carboxylic acids is 7. The van der Waals surface area contributed by atoms with Crippen molar-refractivity contribution in [1.82, 2.24) is 15.7 Å². The Balaban J connectivity index is 0.000000343. The van der Waals surface area contributed by atoms with Gasteiger partial charge in [0.15, 0.2) is 0 Å². The number of unbranched alkanes of at least 4 members (excludes halogenated alkanes) is 2. The molecule has 6 aromatic rings. The molecule has 0 radical (unpaired) electrons. The Morgan fingerprint density at radius 3 is 1.16 bits per heavy atom. The molecule has 0 saturated heterocycles. The number of aliphatic carboxylic acids is 1. The predicted molar refractivity (Wildman–Crippen MR) is 334 cm³/mol. The van der Waals surface area contributed by atoms with E-state index in [2.05, 4.69) is 30.7 Å². The molecule has 6 aromatic carbocycles. The van der Waals surface area contributed by atoms with Gasteiger partial charge in [0.1, 0.15) is 51.7 Å². The molecule has 0 bridgehead atoms. The fourth-order valence-corrected chi connectivity index (χ4v) is 7.93. The highest BCUT2D eigenvalue weighted by atomic mass is 16.7. The van der Waals surface area contributed by atoms with Gasteiger partial charge in [0, 0.05) is 55.0 Å². The summed E-state index contributed by atoms with van der Waals surface area (Å²) in [7, 11) is 0. The van der Waals surface area contributed by atoms with Crippen LogP contribution < -0.4 is 10.6 Å². The zero-order valence-electron chi connectivity index (χ0n) is 50.6. The van der Waals surface area contributed by atoms with E-state index in [4.69, 9.17) is 44.7 Å². The van der Waals surface area contributed by atoms with Crippen molar-refractivity contribution in [3.05, 3.63) is 236 Å². The van der Waals surface area contributed by atoms with E-state index in [1.165, 1.54) is 0 Å². The van der Waals surface area contributed by atoms with Crippen LogP contribution in [-0.2, 0) is 107 Å². The first kappa shape index (κ1) is 73.1. The van der Waals surface area contributed by atoms with Crippen LogP contribution in [0.3, 0.4) is 0 Å². The number of benzene rings is 6. The van der Waals surface area contributed by atoms with Gasteiger partial charge in [-0.15, -0.1) is 0 Å². The van der Waals surface area contributed by atoms with E-state index in [0.29, 0.717) is 38.8 Å². The van der Waals surface area contributed by atoms with Crippen LogP contribution in [-0.4, -0.2) is 96.1 Å². The molecule has 0 spiro atoms. The van der Waals surface area contributed by atoms with E-state index >= 15 is 0 Å². The van der Waals surface area contributed by atoms with Crippen molar-refractivity contribution in [3.63, 3.8) is 0 Å². The van der Waals surface area contributed by atoms with E-state index < -0.39 is 60.3 Å². The summed E-state index contributed by atoms with van der Waals surface area (Å²) in [5.74, 6) is -4.63. The summed E-state index contributed by atoms with van der Waals surface area (Å²) >= 11 is 0. The molecule has 3 amide bonds. The first-order chi connectivity index (χ1) is 44.3. The lowest BCUT2D eigenvalue weighted by Gasteiger charge is -2.23. The van der Waals surface area contributed by atoms with Gasteiger partial charge in [-0.1, -0.05) is 192 Å². The third kappa shape index (κ3) is 34.7. The number of ether oxygens (including phenoxy) is 5. The number of hydroxylamine groups is 2. The second kappa shape index (κ2) is 45.8. The average molecular weight is 1250 g/mol. The van der Waals surface area contributed by atoms with Crippen molar-refractivity contribution in [2.24, 2.45) is 10.2 Å². The van der Waals surface area contributed by atoms with E-state index in [1.807, 2.05) is 170 Å². The summed E-state index contributed by atoms with van der Waals surface area (Å²) in [5.41, 5.74) is 21.3. The molecule has 0 heterocycles. The van der Waals surface area contributed by atoms with Gasteiger partial charge < -0.3 is 39.4 Å². The topological polar surface area (TPSA) is 337 Å². The second-order valence-corrected chi connectivity index (χ2v) is 20.0. The van der Waals surface area contributed by atoms with Crippen LogP contribution >= 0.6 is 0 Å². The molecule has 24 nitrogen and oxygen atoms in total. The zero-order chi connectivity index (χ0) is 65.4. The van der Waals surface area contributed by atoms with Crippen LogP contribution in [0.15, 0.2) is 192 Å². The molecule has 24 heteroatoms. The van der Waals surface area contributed by atoms with Gasteiger partial charge in [-0.3, -0.25) is 33.6 Å². The Bertz CT molecular complexity index is 3190. The minimum atomic E-state index is -1.18. The molecule has 480 valence electrons. The van der Waals surface area contributed by atoms with Gasteiger partial charge >= 0.3 is 29.8 Å². The lowest BCUT2D eigenvalue weighted by molar-refractivity contribution is -0.193. The van der Waals surface area contributed by atoms with Crippen molar-refractivity contribution in [3.8, 4) is 0 Å². The minimum absolute atomic E-state index is 0.0227. The highest BCUT2D eigenvalue weighted by Crippen LogP contribution is 2.13.